The minimum Gasteiger partial charge on any atom is -0.507 e. The van der Waals surface area contributed by atoms with Crippen molar-refractivity contribution in [2.24, 2.45) is 0 Å². The Morgan fingerprint density at radius 3 is 2.53 bits per heavy atom. The third kappa shape index (κ3) is 3.37. The van der Waals surface area contributed by atoms with Gasteiger partial charge in [-0.25, -0.2) is 4.79 Å². The van der Waals surface area contributed by atoms with Crippen molar-refractivity contribution in [3.05, 3.63) is 23.8 Å². The number of aromatic hydroxyl groups is 1. The Balaban J connectivity index is 2.93. The summed E-state index contributed by atoms with van der Waals surface area (Å²) in [6, 6.07) is 4.55. The lowest BCUT2D eigenvalue weighted by Crippen LogP contribution is -2.26. The molecule has 1 N–H and O–H groups in total. The zero-order valence-electron chi connectivity index (χ0n) is 10.6. The molecule has 0 amide bonds. The number of carbonyl (C=O) groups is 1. The quantitative estimate of drug-likeness (QED) is 0.819. The minimum absolute atomic E-state index is 0.133. The number of phenolic OH excluding ortho intramolecular Hbond substituents is 1. The van der Waals surface area contributed by atoms with Crippen molar-refractivity contribution in [2.75, 3.05) is 7.11 Å². The van der Waals surface area contributed by atoms with Crippen LogP contribution in [0, 0.1) is 0 Å². The Morgan fingerprint density at radius 2 is 2.06 bits per heavy atom. The van der Waals surface area contributed by atoms with E-state index in [1.165, 1.54) is 19.2 Å². The van der Waals surface area contributed by atoms with Crippen LogP contribution in [0.25, 0.3) is 0 Å². The van der Waals surface area contributed by atoms with Crippen LogP contribution in [-0.4, -0.2) is 23.8 Å². The lowest BCUT2D eigenvalue weighted by Gasteiger charge is -2.25. The van der Waals surface area contributed by atoms with Gasteiger partial charge in [-0.3, -0.25) is 0 Å². The Kier molecular flexibility index (Phi) is 3.99. The molecule has 0 bridgehead atoms. The van der Waals surface area contributed by atoms with Crippen molar-refractivity contribution in [2.45, 2.75) is 32.8 Å². The summed E-state index contributed by atoms with van der Waals surface area (Å²) in [7, 11) is 1.27. The van der Waals surface area contributed by atoms with Gasteiger partial charge in [0.15, 0.2) is 0 Å². The Labute approximate surface area is 101 Å². The molecule has 0 saturated carbocycles. The van der Waals surface area contributed by atoms with Crippen LogP contribution >= 0.6 is 0 Å². The van der Waals surface area contributed by atoms with E-state index in [2.05, 4.69) is 4.74 Å². The molecule has 0 heterocycles. The molecule has 4 nitrogen and oxygen atoms in total. The molecule has 0 fully saturated rings. The maximum Gasteiger partial charge on any atom is 0.341 e. The van der Waals surface area contributed by atoms with Crippen LogP contribution in [0.1, 0.15) is 37.6 Å². The molecule has 0 aromatic heterocycles. The average Bonchev–Trinajstić information content (AvgIpc) is 2.28. The highest BCUT2D eigenvalue weighted by atomic mass is 16.5. The molecule has 0 atom stereocenters. The number of ether oxygens (including phenoxy) is 2. The fraction of sp³-hybridized carbons (Fsp3) is 0.462. The number of esters is 1. The molecule has 94 valence electrons. The first-order chi connectivity index (χ1) is 7.89. The summed E-state index contributed by atoms with van der Waals surface area (Å²) in [5.41, 5.74) is -0.173. The second-order valence-corrected chi connectivity index (χ2v) is 4.39. The van der Waals surface area contributed by atoms with Crippen LogP contribution in [0.2, 0.25) is 0 Å². The average molecular weight is 238 g/mol. The van der Waals surface area contributed by atoms with Crippen LogP contribution in [-0.2, 0) is 4.74 Å². The van der Waals surface area contributed by atoms with Gasteiger partial charge in [0.05, 0.1) is 7.11 Å². The third-order valence-corrected chi connectivity index (χ3v) is 2.62. The molecule has 1 rings (SSSR count). The summed E-state index contributed by atoms with van der Waals surface area (Å²) in [5.74, 6) is -0.174. The van der Waals surface area contributed by atoms with Crippen LogP contribution in [0.5, 0.6) is 11.5 Å². The van der Waals surface area contributed by atoms with E-state index < -0.39 is 5.97 Å². The van der Waals surface area contributed by atoms with Gasteiger partial charge in [0, 0.05) is 6.07 Å². The molecule has 0 aliphatic rings. The van der Waals surface area contributed by atoms with Crippen molar-refractivity contribution in [1.82, 2.24) is 0 Å². The molecule has 0 aliphatic carbocycles. The second kappa shape index (κ2) is 5.08. The number of carbonyl (C=O) groups excluding carboxylic acids is 1. The zero-order valence-corrected chi connectivity index (χ0v) is 10.6. The van der Waals surface area contributed by atoms with Crippen molar-refractivity contribution in [3.8, 4) is 11.5 Å². The third-order valence-electron chi connectivity index (χ3n) is 2.62. The monoisotopic (exact) mass is 238 g/mol. The summed E-state index contributed by atoms with van der Waals surface area (Å²) in [6.07, 6.45) is 0.840. The van der Waals surface area contributed by atoms with E-state index in [1.54, 1.807) is 6.07 Å². The van der Waals surface area contributed by atoms with Gasteiger partial charge in [-0.05, 0) is 32.4 Å². The number of hydrogen-bond donors (Lipinski definition) is 1. The molecule has 0 radical (unpaired) electrons. The molecule has 1 aromatic carbocycles. The molecule has 0 unspecified atom stereocenters. The fourth-order valence-electron chi connectivity index (χ4n) is 1.25. The number of hydrogen-bond acceptors (Lipinski definition) is 4. The Hall–Kier alpha value is -1.71. The summed E-state index contributed by atoms with van der Waals surface area (Å²) < 4.78 is 10.2. The van der Waals surface area contributed by atoms with E-state index in [9.17, 15) is 9.90 Å². The van der Waals surface area contributed by atoms with Crippen molar-refractivity contribution < 1.29 is 19.4 Å². The lowest BCUT2D eigenvalue weighted by atomic mass is 10.1. The molecule has 0 saturated heterocycles. The highest BCUT2D eigenvalue weighted by Gasteiger charge is 2.18. The normalized spacial score (nSPS) is 11.1. The lowest BCUT2D eigenvalue weighted by molar-refractivity contribution is 0.0597. The van der Waals surface area contributed by atoms with Gasteiger partial charge < -0.3 is 14.6 Å². The Morgan fingerprint density at radius 1 is 1.41 bits per heavy atom. The maximum absolute atomic E-state index is 11.3. The number of benzene rings is 1. The largest absolute Gasteiger partial charge is 0.507 e. The first kappa shape index (κ1) is 13.4. The predicted octanol–water partition coefficient (Wildman–Crippen LogP) is 2.75. The standard InChI is InChI=1S/C13H18O4/c1-5-13(2,3)17-9-6-7-10(11(14)8-9)12(15)16-4/h6-8,14H,5H2,1-4H3. The fourth-order valence-corrected chi connectivity index (χ4v) is 1.25. The topological polar surface area (TPSA) is 55.8 Å². The molecular weight excluding hydrogens is 220 g/mol. The zero-order chi connectivity index (χ0) is 13.1. The first-order valence-electron chi connectivity index (χ1n) is 5.50. The number of methoxy groups -OCH3 is 1. The predicted molar refractivity (Wildman–Crippen MR) is 64.4 cm³/mol. The minimum atomic E-state index is -0.566. The van der Waals surface area contributed by atoms with E-state index in [0.29, 0.717) is 5.75 Å². The van der Waals surface area contributed by atoms with Gasteiger partial charge in [-0.15, -0.1) is 0 Å². The van der Waals surface area contributed by atoms with E-state index in [0.717, 1.165) is 6.42 Å². The number of phenols is 1. The summed E-state index contributed by atoms with van der Waals surface area (Å²) >= 11 is 0. The highest BCUT2D eigenvalue weighted by Crippen LogP contribution is 2.27. The van der Waals surface area contributed by atoms with Gasteiger partial charge >= 0.3 is 5.97 Å². The van der Waals surface area contributed by atoms with Crippen LogP contribution < -0.4 is 4.74 Å². The number of rotatable bonds is 4. The Bertz CT molecular complexity index is 410. The maximum atomic E-state index is 11.3. The van der Waals surface area contributed by atoms with Crippen LogP contribution in [0.15, 0.2) is 18.2 Å². The molecule has 17 heavy (non-hydrogen) atoms. The molecule has 4 heteroatoms. The van der Waals surface area contributed by atoms with Gasteiger partial charge in [0.25, 0.3) is 0 Å². The van der Waals surface area contributed by atoms with E-state index >= 15 is 0 Å². The van der Waals surface area contributed by atoms with E-state index in [-0.39, 0.29) is 16.9 Å². The van der Waals surface area contributed by atoms with Crippen LogP contribution in [0.4, 0.5) is 0 Å². The van der Waals surface area contributed by atoms with Gasteiger partial charge in [-0.1, -0.05) is 6.92 Å². The summed E-state index contributed by atoms with van der Waals surface area (Å²) in [5, 5.41) is 9.68. The molecule has 0 spiro atoms. The van der Waals surface area contributed by atoms with Gasteiger partial charge in [-0.2, -0.15) is 0 Å². The SMILES string of the molecule is CCC(C)(C)Oc1ccc(C(=O)OC)c(O)c1. The smallest absolute Gasteiger partial charge is 0.341 e. The van der Waals surface area contributed by atoms with Crippen molar-refractivity contribution in [3.63, 3.8) is 0 Å². The second-order valence-electron chi connectivity index (χ2n) is 4.39. The summed E-state index contributed by atoms with van der Waals surface area (Å²) in [6.45, 7) is 5.93. The van der Waals surface area contributed by atoms with Crippen molar-refractivity contribution in [1.29, 1.82) is 0 Å². The van der Waals surface area contributed by atoms with E-state index in [4.69, 9.17) is 4.74 Å². The molecule has 1 aromatic rings. The van der Waals surface area contributed by atoms with Crippen molar-refractivity contribution >= 4 is 5.97 Å². The molecule has 0 aliphatic heterocycles. The molecular formula is C13H18O4. The summed E-state index contributed by atoms with van der Waals surface area (Å²) in [4.78, 5) is 11.3. The van der Waals surface area contributed by atoms with Crippen LogP contribution in [0.3, 0.4) is 0 Å². The highest BCUT2D eigenvalue weighted by molar-refractivity contribution is 5.92. The first-order valence-corrected chi connectivity index (χ1v) is 5.50. The van der Waals surface area contributed by atoms with Gasteiger partial charge in [0.1, 0.15) is 22.7 Å². The van der Waals surface area contributed by atoms with E-state index in [1.807, 2.05) is 20.8 Å². The van der Waals surface area contributed by atoms with Gasteiger partial charge in [0.2, 0.25) is 0 Å².